The van der Waals surface area contributed by atoms with Gasteiger partial charge in [-0.3, -0.25) is 4.68 Å². The number of hydrogen-bond acceptors (Lipinski definition) is 2. The van der Waals surface area contributed by atoms with Gasteiger partial charge in [-0.1, -0.05) is 32.6 Å². The number of nitrogens with one attached hydrogen (secondary N) is 1. The molecule has 1 saturated carbocycles. The van der Waals surface area contributed by atoms with Crippen molar-refractivity contribution in [3.8, 4) is 0 Å². The van der Waals surface area contributed by atoms with Gasteiger partial charge in [0.05, 0.1) is 15.9 Å². The van der Waals surface area contributed by atoms with Crippen LogP contribution in [-0.2, 0) is 20.0 Å². The second-order valence-electron chi connectivity index (χ2n) is 5.25. The molecule has 1 aromatic heterocycles. The third-order valence-corrected chi connectivity index (χ3v) is 4.83. The molecule has 0 unspecified atom stereocenters. The van der Waals surface area contributed by atoms with Gasteiger partial charge in [0.25, 0.3) is 0 Å². The lowest BCUT2D eigenvalue weighted by atomic mass is 10.1. The second-order valence-corrected chi connectivity index (χ2v) is 6.05. The minimum atomic E-state index is 0.694. The maximum atomic E-state index is 4.54. The number of aryl methyl sites for hydroxylation is 2. The Kier molecular flexibility index (Phi) is 5.25. The third-order valence-electron chi connectivity index (χ3n) is 3.92. The SMILES string of the molecule is CCc1nn(C)c(CNC2CCCCCC2)c1Br. The standard InChI is InChI=1S/C14H24BrN3/c1-3-12-14(15)13(18(2)17-12)10-16-11-8-6-4-5-7-9-11/h11,16H,3-10H2,1-2H3. The van der Waals surface area contributed by atoms with Crippen molar-refractivity contribution in [1.82, 2.24) is 15.1 Å². The van der Waals surface area contributed by atoms with Crippen LogP contribution in [0.25, 0.3) is 0 Å². The summed E-state index contributed by atoms with van der Waals surface area (Å²) in [6.07, 6.45) is 9.22. The van der Waals surface area contributed by atoms with E-state index in [0.29, 0.717) is 6.04 Å². The molecule has 0 bridgehead atoms. The van der Waals surface area contributed by atoms with Crippen LogP contribution in [0, 0.1) is 0 Å². The molecule has 1 heterocycles. The predicted octanol–water partition coefficient (Wildman–Crippen LogP) is 3.56. The Morgan fingerprint density at radius 1 is 1.28 bits per heavy atom. The highest BCUT2D eigenvalue weighted by atomic mass is 79.9. The summed E-state index contributed by atoms with van der Waals surface area (Å²) >= 11 is 3.68. The summed E-state index contributed by atoms with van der Waals surface area (Å²) in [4.78, 5) is 0. The molecular formula is C14H24BrN3. The van der Waals surface area contributed by atoms with Gasteiger partial charge in [-0.15, -0.1) is 0 Å². The quantitative estimate of drug-likeness (QED) is 0.861. The highest BCUT2D eigenvalue weighted by molar-refractivity contribution is 9.10. The molecule has 0 aromatic carbocycles. The molecule has 2 rings (SSSR count). The van der Waals surface area contributed by atoms with Crippen LogP contribution in [0.3, 0.4) is 0 Å². The molecule has 102 valence electrons. The Morgan fingerprint density at radius 2 is 1.94 bits per heavy atom. The van der Waals surface area contributed by atoms with Crippen molar-refractivity contribution in [1.29, 1.82) is 0 Å². The molecule has 1 N–H and O–H groups in total. The second kappa shape index (κ2) is 6.71. The predicted molar refractivity (Wildman–Crippen MR) is 78.6 cm³/mol. The van der Waals surface area contributed by atoms with Gasteiger partial charge in [0.15, 0.2) is 0 Å². The smallest absolute Gasteiger partial charge is 0.0767 e. The normalized spacial score (nSPS) is 17.9. The zero-order valence-electron chi connectivity index (χ0n) is 11.5. The molecule has 1 aliphatic carbocycles. The first-order chi connectivity index (χ1) is 8.72. The topological polar surface area (TPSA) is 29.9 Å². The molecule has 18 heavy (non-hydrogen) atoms. The Labute approximate surface area is 118 Å². The largest absolute Gasteiger partial charge is 0.308 e. The fourth-order valence-electron chi connectivity index (χ4n) is 2.74. The molecule has 3 nitrogen and oxygen atoms in total. The van der Waals surface area contributed by atoms with E-state index in [-0.39, 0.29) is 0 Å². The van der Waals surface area contributed by atoms with Crippen LogP contribution in [0.1, 0.15) is 56.8 Å². The van der Waals surface area contributed by atoms with Crippen LogP contribution in [0.5, 0.6) is 0 Å². The van der Waals surface area contributed by atoms with Crippen LogP contribution < -0.4 is 5.32 Å². The van der Waals surface area contributed by atoms with Crippen molar-refractivity contribution in [2.45, 2.75) is 64.5 Å². The van der Waals surface area contributed by atoms with Gasteiger partial charge in [0, 0.05) is 19.6 Å². The first-order valence-electron chi connectivity index (χ1n) is 7.16. The number of halogens is 1. The number of hydrogen-bond donors (Lipinski definition) is 1. The fraction of sp³-hybridized carbons (Fsp3) is 0.786. The van der Waals surface area contributed by atoms with E-state index in [4.69, 9.17) is 0 Å². The van der Waals surface area contributed by atoms with Gasteiger partial charge in [0.1, 0.15) is 0 Å². The summed E-state index contributed by atoms with van der Waals surface area (Å²) in [6.45, 7) is 3.07. The van der Waals surface area contributed by atoms with E-state index in [1.165, 1.54) is 48.7 Å². The van der Waals surface area contributed by atoms with Crippen molar-refractivity contribution < 1.29 is 0 Å². The first-order valence-corrected chi connectivity index (χ1v) is 7.95. The van der Waals surface area contributed by atoms with Crippen molar-refractivity contribution in [2.75, 3.05) is 0 Å². The van der Waals surface area contributed by atoms with Crippen LogP contribution >= 0.6 is 15.9 Å². The lowest BCUT2D eigenvalue weighted by molar-refractivity contribution is 0.449. The zero-order chi connectivity index (χ0) is 13.0. The van der Waals surface area contributed by atoms with Gasteiger partial charge in [-0.2, -0.15) is 5.10 Å². The lowest BCUT2D eigenvalue weighted by Crippen LogP contribution is -2.28. The number of rotatable bonds is 4. The zero-order valence-corrected chi connectivity index (χ0v) is 13.1. The molecule has 4 heteroatoms. The molecule has 0 amide bonds. The summed E-state index contributed by atoms with van der Waals surface area (Å²) in [6, 6.07) is 0.694. The van der Waals surface area contributed by atoms with E-state index in [1.54, 1.807) is 0 Å². The maximum absolute atomic E-state index is 4.54. The molecule has 1 fully saturated rings. The van der Waals surface area contributed by atoms with Crippen LogP contribution in [0.4, 0.5) is 0 Å². The molecule has 0 atom stereocenters. The third kappa shape index (κ3) is 3.35. The van der Waals surface area contributed by atoms with E-state index in [9.17, 15) is 0 Å². The van der Waals surface area contributed by atoms with Gasteiger partial charge in [-0.25, -0.2) is 0 Å². The molecule has 0 radical (unpaired) electrons. The van der Waals surface area contributed by atoms with E-state index in [2.05, 4.69) is 33.3 Å². The highest BCUT2D eigenvalue weighted by Crippen LogP contribution is 2.22. The Bertz CT molecular complexity index is 379. The maximum Gasteiger partial charge on any atom is 0.0767 e. The Balaban J connectivity index is 1.94. The van der Waals surface area contributed by atoms with Crippen LogP contribution in [-0.4, -0.2) is 15.8 Å². The molecule has 1 aromatic rings. The van der Waals surface area contributed by atoms with Crippen LogP contribution in [0.2, 0.25) is 0 Å². The summed E-state index contributed by atoms with van der Waals surface area (Å²) in [5, 5.41) is 8.25. The number of nitrogens with zero attached hydrogens (tertiary/aromatic N) is 2. The first kappa shape index (κ1) is 14.1. The Hall–Kier alpha value is -0.350. The van der Waals surface area contributed by atoms with Gasteiger partial charge >= 0.3 is 0 Å². The average molecular weight is 314 g/mol. The van der Waals surface area contributed by atoms with Crippen LogP contribution in [0.15, 0.2) is 4.47 Å². The van der Waals surface area contributed by atoms with Crippen molar-refractivity contribution >= 4 is 15.9 Å². The van der Waals surface area contributed by atoms with Crippen molar-refractivity contribution in [3.05, 3.63) is 15.9 Å². The fourth-order valence-corrected chi connectivity index (χ4v) is 3.49. The summed E-state index contributed by atoms with van der Waals surface area (Å²) < 4.78 is 3.20. The van der Waals surface area contributed by atoms with E-state index >= 15 is 0 Å². The Morgan fingerprint density at radius 3 is 2.50 bits per heavy atom. The minimum Gasteiger partial charge on any atom is -0.308 e. The van der Waals surface area contributed by atoms with E-state index in [0.717, 1.165) is 18.7 Å². The van der Waals surface area contributed by atoms with Gasteiger partial charge in [0.2, 0.25) is 0 Å². The van der Waals surface area contributed by atoms with Gasteiger partial charge < -0.3 is 5.32 Å². The van der Waals surface area contributed by atoms with Gasteiger partial charge in [-0.05, 0) is 35.2 Å². The minimum absolute atomic E-state index is 0.694. The van der Waals surface area contributed by atoms with Crippen molar-refractivity contribution in [3.63, 3.8) is 0 Å². The summed E-state index contributed by atoms with van der Waals surface area (Å²) in [7, 11) is 2.04. The lowest BCUT2D eigenvalue weighted by Gasteiger charge is -2.16. The van der Waals surface area contributed by atoms with E-state index in [1.807, 2.05) is 11.7 Å². The van der Waals surface area contributed by atoms with Crippen molar-refractivity contribution in [2.24, 2.45) is 7.05 Å². The molecule has 1 aliphatic rings. The average Bonchev–Trinajstić information content (AvgIpc) is 2.58. The molecule has 0 spiro atoms. The summed E-state index contributed by atoms with van der Waals surface area (Å²) in [5.41, 5.74) is 2.44. The van der Waals surface area contributed by atoms with E-state index < -0.39 is 0 Å². The number of aromatic nitrogens is 2. The molecular weight excluding hydrogens is 290 g/mol. The monoisotopic (exact) mass is 313 g/mol. The molecule has 0 aliphatic heterocycles. The molecule has 0 saturated heterocycles. The highest BCUT2D eigenvalue weighted by Gasteiger charge is 2.15. The summed E-state index contributed by atoms with van der Waals surface area (Å²) in [5.74, 6) is 0.